The van der Waals surface area contributed by atoms with Crippen molar-refractivity contribution in [2.24, 2.45) is 16.8 Å². The molecule has 0 radical (unpaired) electrons. The summed E-state index contributed by atoms with van der Waals surface area (Å²) in [6.07, 6.45) is 0. The molecular formula is C7H13NS. The number of rotatable bonds is 1. The summed E-state index contributed by atoms with van der Waals surface area (Å²) in [4.78, 5) is 4.22. The number of aliphatic imine (C=N–C) groups is 1. The summed E-state index contributed by atoms with van der Waals surface area (Å²) in [5, 5.41) is 0. The summed E-state index contributed by atoms with van der Waals surface area (Å²) in [6.45, 7) is 5.59. The van der Waals surface area contributed by atoms with Gasteiger partial charge in [0.1, 0.15) is 0 Å². The van der Waals surface area contributed by atoms with Crippen molar-refractivity contribution in [2.45, 2.75) is 13.8 Å². The zero-order valence-corrected chi connectivity index (χ0v) is 6.82. The molecule has 1 aliphatic heterocycles. The summed E-state index contributed by atoms with van der Waals surface area (Å²) in [7, 11) is 0. The highest BCUT2D eigenvalue weighted by Crippen LogP contribution is 2.19. The van der Waals surface area contributed by atoms with Crippen LogP contribution < -0.4 is 0 Å². The molecule has 0 N–H and O–H groups in total. The number of nitrogens with zero attached hydrogens (tertiary/aromatic N) is 1. The maximum absolute atomic E-state index is 4.22. The van der Waals surface area contributed by atoms with E-state index in [0.29, 0.717) is 0 Å². The second-order valence-electron chi connectivity index (χ2n) is 2.81. The molecule has 0 saturated heterocycles. The fraction of sp³-hybridized carbons (Fsp3) is 0.857. The molecule has 1 aliphatic rings. The van der Waals surface area contributed by atoms with Crippen molar-refractivity contribution in [1.29, 1.82) is 0 Å². The van der Waals surface area contributed by atoms with Crippen LogP contribution in [0, 0.1) is 11.8 Å². The van der Waals surface area contributed by atoms with E-state index in [1.165, 1.54) is 5.75 Å². The van der Waals surface area contributed by atoms with Gasteiger partial charge in [-0.2, -0.15) is 0 Å². The van der Waals surface area contributed by atoms with Crippen LogP contribution in [0.3, 0.4) is 0 Å². The standard InChI is InChI=1S/C7H13NS/c1-6(2)7-3-8-5-9-4-7/h5-7H,3-4H2,1-2H3. The van der Waals surface area contributed by atoms with Crippen molar-refractivity contribution in [2.75, 3.05) is 12.3 Å². The zero-order chi connectivity index (χ0) is 6.69. The lowest BCUT2D eigenvalue weighted by atomic mass is 9.98. The van der Waals surface area contributed by atoms with Crippen molar-refractivity contribution >= 4 is 17.3 Å². The van der Waals surface area contributed by atoms with Crippen molar-refractivity contribution in [3.05, 3.63) is 0 Å². The lowest BCUT2D eigenvalue weighted by molar-refractivity contribution is 0.437. The van der Waals surface area contributed by atoms with Crippen molar-refractivity contribution < 1.29 is 0 Å². The van der Waals surface area contributed by atoms with Gasteiger partial charge < -0.3 is 0 Å². The lowest BCUT2D eigenvalue weighted by Gasteiger charge is -2.19. The summed E-state index contributed by atoms with van der Waals surface area (Å²) in [6, 6.07) is 0. The molecule has 52 valence electrons. The van der Waals surface area contributed by atoms with Gasteiger partial charge in [0, 0.05) is 12.3 Å². The van der Waals surface area contributed by atoms with E-state index in [1.807, 2.05) is 17.3 Å². The molecule has 0 aliphatic carbocycles. The minimum atomic E-state index is 0.801. The monoisotopic (exact) mass is 143 g/mol. The third-order valence-electron chi connectivity index (χ3n) is 1.74. The molecule has 0 fully saturated rings. The van der Waals surface area contributed by atoms with E-state index in [9.17, 15) is 0 Å². The number of hydrogen-bond acceptors (Lipinski definition) is 2. The molecule has 2 heteroatoms. The summed E-state index contributed by atoms with van der Waals surface area (Å²) < 4.78 is 0. The normalized spacial score (nSPS) is 27.2. The van der Waals surface area contributed by atoms with Crippen LogP contribution in [0.2, 0.25) is 0 Å². The molecule has 9 heavy (non-hydrogen) atoms. The van der Waals surface area contributed by atoms with Crippen LogP contribution in [0.25, 0.3) is 0 Å². The smallest absolute Gasteiger partial charge is 0.0541 e. The van der Waals surface area contributed by atoms with Crippen molar-refractivity contribution in [3.63, 3.8) is 0 Å². The Hall–Kier alpha value is 0.0200. The van der Waals surface area contributed by atoms with E-state index in [-0.39, 0.29) is 0 Å². The molecule has 1 unspecified atom stereocenters. The fourth-order valence-electron chi connectivity index (χ4n) is 0.854. The SMILES string of the molecule is CC(C)C1CN=CSC1. The highest BCUT2D eigenvalue weighted by Gasteiger charge is 2.14. The van der Waals surface area contributed by atoms with Crippen LogP contribution in [-0.2, 0) is 0 Å². The zero-order valence-electron chi connectivity index (χ0n) is 6.00. The van der Waals surface area contributed by atoms with Crippen LogP contribution >= 0.6 is 11.8 Å². The number of thioether (sulfide) groups is 1. The van der Waals surface area contributed by atoms with Gasteiger partial charge in [-0.15, -0.1) is 11.8 Å². The molecular weight excluding hydrogens is 130 g/mol. The minimum absolute atomic E-state index is 0.801. The van der Waals surface area contributed by atoms with Gasteiger partial charge in [0.05, 0.1) is 5.55 Å². The Bertz CT molecular complexity index is 109. The molecule has 0 amide bonds. The van der Waals surface area contributed by atoms with Gasteiger partial charge in [-0.05, 0) is 11.8 Å². The average molecular weight is 143 g/mol. The molecule has 0 spiro atoms. The van der Waals surface area contributed by atoms with E-state index in [1.54, 1.807) is 0 Å². The summed E-state index contributed by atoms with van der Waals surface area (Å²) >= 11 is 1.84. The maximum Gasteiger partial charge on any atom is 0.0541 e. The first-order valence-corrected chi connectivity index (χ1v) is 4.45. The quantitative estimate of drug-likeness (QED) is 0.547. The highest BCUT2D eigenvalue weighted by molar-refractivity contribution is 8.12. The van der Waals surface area contributed by atoms with Crippen molar-refractivity contribution in [1.82, 2.24) is 0 Å². The van der Waals surface area contributed by atoms with Crippen LogP contribution in [-0.4, -0.2) is 17.8 Å². The van der Waals surface area contributed by atoms with Crippen LogP contribution in [0.4, 0.5) is 0 Å². The predicted octanol–water partition coefficient (Wildman–Crippen LogP) is 2.03. The third kappa shape index (κ3) is 2.01. The van der Waals surface area contributed by atoms with Gasteiger partial charge in [0.25, 0.3) is 0 Å². The molecule has 0 saturated carbocycles. The van der Waals surface area contributed by atoms with Crippen LogP contribution in [0.15, 0.2) is 4.99 Å². The molecule has 0 bridgehead atoms. The van der Waals surface area contributed by atoms with Crippen LogP contribution in [0.1, 0.15) is 13.8 Å². The summed E-state index contributed by atoms with van der Waals surface area (Å²) in [5.74, 6) is 2.89. The summed E-state index contributed by atoms with van der Waals surface area (Å²) in [5.41, 5.74) is 1.97. The second-order valence-corrected chi connectivity index (χ2v) is 3.69. The maximum atomic E-state index is 4.22. The van der Waals surface area contributed by atoms with Crippen LogP contribution in [0.5, 0.6) is 0 Å². The van der Waals surface area contributed by atoms with E-state index >= 15 is 0 Å². The van der Waals surface area contributed by atoms with Gasteiger partial charge in [-0.1, -0.05) is 13.8 Å². The first kappa shape index (κ1) is 7.13. The van der Waals surface area contributed by atoms with Gasteiger partial charge >= 0.3 is 0 Å². The Balaban J connectivity index is 2.35. The van der Waals surface area contributed by atoms with Crippen molar-refractivity contribution in [3.8, 4) is 0 Å². The highest BCUT2D eigenvalue weighted by atomic mass is 32.2. The molecule has 0 aromatic carbocycles. The van der Waals surface area contributed by atoms with Gasteiger partial charge in [0.2, 0.25) is 0 Å². The minimum Gasteiger partial charge on any atom is -0.286 e. The van der Waals surface area contributed by atoms with E-state index < -0.39 is 0 Å². The first-order chi connectivity index (χ1) is 4.30. The Labute approximate surface area is 60.9 Å². The Morgan fingerprint density at radius 2 is 2.44 bits per heavy atom. The Morgan fingerprint density at radius 1 is 1.67 bits per heavy atom. The molecule has 0 aromatic rings. The number of hydrogen-bond donors (Lipinski definition) is 0. The van der Waals surface area contributed by atoms with Gasteiger partial charge in [0.15, 0.2) is 0 Å². The third-order valence-corrected chi connectivity index (χ3v) is 2.66. The second kappa shape index (κ2) is 3.25. The van der Waals surface area contributed by atoms with E-state index in [2.05, 4.69) is 18.8 Å². The fourth-order valence-corrected chi connectivity index (χ4v) is 1.87. The lowest BCUT2D eigenvalue weighted by Crippen LogP contribution is -2.17. The van der Waals surface area contributed by atoms with E-state index in [4.69, 9.17) is 0 Å². The predicted molar refractivity (Wildman–Crippen MR) is 44.1 cm³/mol. The molecule has 1 rings (SSSR count). The van der Waals surface area contributed by atoms with E-state index in [0.717, 1.165) is 18.4 Å². The molecule has 1 atom stereocenters. The van der Waals surface area contributed by atoms with Gasteiger partial charge in [-0.3, -0.25) is 4.99 Å². The molecule has 1 nitrogen and oxygen atoms in total. The first-order valence-electron chi connectivity index (χ1n) is 3.40. The Morgan fingerprint density at radius 3 is 2.78 bits per heavy atom. The molecule has 1 heterocycles. The largest absolute Gasteiger partial charge is 0.286 e. The molecule has 0 aromatic heterocycles. The Kier molecular flexibility index (Phi) is 2.58. The van der Waals surface area contributed by atoms with Gasteiger partial charge in [-0.25, -0.2) is 0 Å². The average Bonchev–Trinajstić information content (AvgIpc) is 1.90. The topological polar surface area (TPSA) is 12.4 Å².